The molecule has 0 saturated heterocycles. The molecule has 0 amide bonds. The zero-order valence-electron chi connectivity index (χ0n) is 12.5. The molecule has 0 aliphatic carbocycles. The lowest BCUT2D eigenvalue weighted by atomic mass is 10.1. The Balaban J connectivity index is 1.89. The van der Waals surface area contributed by atoms with Gasteiger partial charge in [-0.1, -0.05) is 30.3 Å². The average Bonchev–Trinajstić information content (AvgIpc) is 2.59. The van der Waals surface area contributed by atoms with E-state index >= 15 is 0 Å². The lowest BCUT2D eigenvalue weighted by molar-refractivity contribution is -0.137. The summed E-state index contributed by atoms with van der Waals surface area (Å²) in [4.78, 5) is 9.87. The van der Waals surface area contributed by atoms with Gasteiger partial charge in [0.1, 0.15) is 12.4 Å². The SMILES string of the molecule is NNC1=Nc2ccc(C(F)(F)F)cc2N(OCc2ccccc2)C1. The number of rotatable bonds is 3. The minimum atomic E-state index is -4.43. The maximum atomic E-state index is 13.0. The van der Waals surface area contributed by atoms with E-state index in [1.807, 2.05) is 30.3 Å². The Bertz CT molecular complexity index is 747. The second-order valence-corrected chi connectivity index (χ2v) is 5.20. The van der Waals surface area contributed by atoms with Gasteiger partial charge in [-0.2, -0.15) is 13.2 Å². The summed E-state index contributed by atoms with van der Waals surface area (Å²) in [5.41, 5.74) is 3.17. The monoisotopic (exact) mass is 336 g/mol. The summed E-state index contributed by atoms with van der Waals surface area (Å²) in [5.74, 6) is 5.78. The van der Waals surface area contributed by atoms with Crippen LogP contribution in [-0.4, -0.2) is 12.4 Å². The van der Waals surface area contributed by atoms with Gasteiger partial charge in [-0.25, -0.2) is 15.9 Å². The van der Waals surface area contributed by atoms with E-state index in [4.69, 9.17) is 10.7 Å². The summed E-state index contributed by atoms with van der Waals surface area (Å²) < 4.78 is 38.9. The number of hydrazine groups is 1. The summed E-state index contributed by atoms with van der Waals surface area (Å²) in [6.07, 6.45) is -4.43. The van der Waals surface area contributed by atoms with Crippen LogP contribution in [0.5, 0.6) is 0 Å². The summed E-state index contributed by atoms with van der Waals surface area (Å²) in [5, 5.41) is 1.36. The highest BCUT2D eigenvalue weighted by atomic mass is 19.4. The molecule has 5 nitrogen and oxygen atoms in total. The van der Waals surface area contributed by atoms with Crippen LogP contribution in [0, 0.1) is 0 Å². The van der Waals surface area contributed by atoms with Crippen molar-refractivity contribution >= 4 is 17.2 Å². The molecule has 0 fully saturated rings. The molecule has 24 heavy (non-hydrogen) atoms. The first-order valence-corrected chi connectivity index (χ1v) is 7.17. The number of nitrogens with two attached hydrogens (primary N) is 1. The Labute approximate surface area is 136 Å². The molecule has 0 spiro atoms. The largest absolute Gasteiger partial charge is 0.416 e. The molecular weight excluding hydrogens is 321 g/mol. The Hall–Kier alpha value is -2.58. The molecular formula is C16H15F3N4O. The molecule has 2 aromatic rings. The number of fused-ring (bicyclic) bond motifs is 1. The number of nitrogens with one attached hydrogen (secondary N) is 1. The third kappa shape index (κ3) is 3.50. The number of amidine groups is 1. The summed E-state index contributed by atoms with van der Waals surface area (Å²) in [7, 11) is 0. The van der Waals surface area contributed by atoms with Gasteiger partial charge in [0.25, 0.3) is 0 Å². The van der Waals surface area contributed by atoms with Gasteiger partial charge in [0, 0.05) is 0 Å². The van der Waals surface area contributed by atoms with Gasteiger partial charge >= 0.3 is 6.18 Å². The summed E-state index contributed by atoms with van der Waals surface area (Å²) in [6.45, 7) is 0.339. The first-order valence-electron chi connectivity index (χ1n) is 7.17. The highest BCUT2D eigenvalue weighted by molar-refractivity contribution is 5.93. The molecule has 2 aromatic carbocycles. The Kier molecular flexibility index (Phi) is 4.41. The van der Waals surface area contributed by atoms with Crippen molar-refractivity contribution in [1.82, 2.24) is 5.43 Å². The lowest BCUT2D eigenvalue weighted by Crippen LogP contribution is -2.42. The number of aliphatic imine (C=N–C) groups is 1. The van der Waals surface area contributed by atoms with Crippen LogP contribution in [-0.2, 0) is 17.6 Å². The number of hydroxylamine groups is 1. The van der Waals surface area contributed by atoms with E-state index < -0.39 is 11.7 Å². The van der Waals surface area contributed by atoms with E-state index in [1.54, 1.807) is 0 Å². The van der Waals surface area contributed by atoms with Gasteiger partial charge in [0.05, 0.1) is 23.5 Å². The molecule has 0 radical (unpaired) electrons. The number of nitrogens with zero attached hydrogens (tertiary/aromatic N) is 2. The molecule has 126 valence electrons. The standard InChI is InChI=1S/C16H15F3N4O/c17-16(18,19)12-6-7-13-14(8-12)23(9-15(21-13)22-20)24-10-11-4-2-1-3-5-11/h1-8H,9-10,20H2,(H,21,22). The highest BCUT2D eigenvalue weighted by Crippen LogP contribution is 2.38. The first kappa shape index (κ1) is 16.3. The van der Waals surface area contributed by atoms with E-state index in [9.17, 15) is 13.2 Å². The molecule has 8 heteroatoms. The van der Waals surface area contributed by atoms with Crippen LogP contribution in [0.2, 0.25) is 0 Å². The molecule has 3 rings (SSSR count). The van der Waals surface area contributed by atoms with Gasteiger partial charge in [0.2, 0.25) is 0 Å². The second kappa shape index (κ2) is 6.50. The molecule has 0 atom stereocenters. The van der Waals surface area contributed by atoms with Crippen LogP contribution in [0.1, 0.15) is 11.1 Å². The van der Waals surface area contributed by atoms with E-state index in [2.05, 4.69) is 10.4 Å². The Morgan fingerprint density at radius 3 is 2.58 bits per heavy atom. The van der Waals surface area contributed by atoms with E-state index in [0.717, 1.165) is 17.7 Å². The minimum absolute atomic E-state index is 0.123. The maximum absolute atomic E-state index is 13.0. The van der Waals surface area contributed by atoms with Crippen molar-refractivity contribution in [2.24, 2.45) is 10.8 Å². The van der Waals surface area contributed by atoms with Crippen molar-refractivity contribution in [3.8, 4) is 0 Å². The highest BCUT2D eigenvalue weighted by Gasteiger charge is 2.32. The van der Waals surface area contributed by atoms with Crippen molar-refractivity contribution in [1.29, 1.82) is 0 Å². The molecule has 1 aliphatic heterocycles. The van der Waals surface area contributed by atoms with Gasteiger partial charge in [-0.05, 0) is 23.8 Å². The fourth-order valence-electron chi connectivity index (χ4n) is 2.32. The number of hydrogen-bond acceptors (Lipinski definition) is 5. The van der Waals surface area contributed by atoms with Crippen LogP contribution in [0.25, 0.3) is 0 Å². The number of anilines is 1. The predicted octanol–water partition coefficient (Wildman–Crippen LogP) is 3.15. The Morgan fingerprint density at radius 2 is 1.92 bits per heavy atom. The van der Waals surface area contributed by atoms with Crippen molar-refractivity contribution in [2.45, 2.75) is 12.8 Å². The number of hydrogen-bond donors (Lipinski definition) is 2. The van der Waals surface area contributed by atoms with Crippen molar-refractivity contribution in [2.75, 3.05) is 11.6 Å². The molecule has 0 aromatic heterocycles. The van der Waals surface area contributed by atoms with E-state index in [1.165, 1.54) is 11.1 Å². The number of halogens is 3. The van der Waals surface area contributed by atoms with Crippen LogP contribution in [0.3, 0.4) is 0 Å². The van der Waals surface area contributed by atoms with Gasteiger partial charge in [0.15, 0.2) is 0 Å². The van der Waals surface area contributed by atoms with Crippen LogP contribution < -0.4 is 16.3 Å². The van der Waals surface area contributed by atoms with Crippen LogP contribution >= 0.6 is 0 Å². The quantitative estimate of drug-likeness (QED) is 0.668. The van der Waals surface area contributed by atoms with Crippen molar-refractivity contribution in [3.63, 3.8) is 0 Å². The summed E-state index contributed by atoms with van der Waals surface area (Å²) in [6, 6.07) is 12.6. The van der Waals surface area contributed by atoms with Gasteiger partial charge in [-0.3, -0.25) is 4.84 Å². The number of alkyl halides is 3. The Morgan fingerprint density at radius 1 is 1.17 bits per heavy atom. The van der Waals surface area contributed by atoms with Crippen LogP contribution in [0.4, 0.5) is 24.5 Å². The topological polar surface area (TPSA) is 62.9 Å². The molecule has 0 bridgehead atoms. The molecule has 0 saturated carbocycles. The first-order chi connectivity index (χ1) is 11.5. The van der Waals surface area contributed by atoms with Crippen molar-refractivity contribution in [3.05, 3.63) is 59.7 Å². The van der Waals surface area contributed by atoms with E-state index in [-0.39, 0.29) is 18.8 Å². The van der Waals surface area contributed by atoms with Gasteiger partial charge in [-0.15, -0.1) is 0 Å². The average molecular weight is 336 g/mol. The third-order valence-corrected chi connectivity index (χ3v) is 3.52. The van der Waals surface area contributed by atoms with Crippen molar-refractivity contribution < 1.29 is 18.0 Å². The van der Waals surface area contributed by atoms with Crippen LogP contribution in [0.15, 0.2) is 53.5 Å². The molecule has 1 heterocycles. The second-order valence-electron chi connectivity index (χ2n) is 5.20. The minimum Gasteiger partial charge on any atom is -0.310 e. The fraction of sp³-hybridized carbons (Fsp3) is 0.188. The smallest absolute Gasteiger partial charge is 0.310 e. The fourth-order valence-corrected chi connectivity index (χ4v) is 2.32. The zero-order chi connectivity index (χ0) is 17.2. The summed E-state index contributed by atoms with van der Waals surface area (Å²) >= 11 is 0. The van der Waals surface area contributed by atoms with E-state index in [0.29, 0.717) is 11.5 Å². The molecule has 3 N–H and O–H groups in total. The normalized spacial score (nSPS) is 14.2. The predicted molar refractivity (Wildman–Crippen MR) is 84.4 cm³/mol. The lowest BCUT2D eigenvalue weighted by Gasteiger charge is -2.29. The maximum Gasteiger partial charge on any atom is 0.416 e. The van der Waals surface area contributed by atoms with Gasteiger partial charge < -0.3 is 5.43 Å². The molecule has 1 aliphatic rings. The third-order valence-electron chi connectivity index (χ3n) is 3.52. The number of benzene rings is 2. The molecule has 0 unspecified atom stereocenters. The zero-order valence-corrected chi connectivity index (χ0v) is 12.5.